The molecule has 0 spiro atoms. The molecule has 1 saturated heterocycles. The summed E-state index contributed by atoms with van der Waals surface area (Å²) < 4.78 is 7.51. The Morgan fingerprint density at radius 1 is 1.38 bits per heavy atom. The molecule has 0 bridgehead atoms. The summed E-state index contributed by atoms with van der Waals surface area (Å²) in [6.45, 7) is 1.85. The lowest BCUT2D eigenvalue weighted by Crippen LogP contribution is -2.22. The van der Waals surface area contributed by atoms with Crippen molar-refractivity contribution in [3.63, 3.8) is 0 Å². The SMILES string of the molecule is Cn1cc([C@H]2CCCN2Cc2coc(-c3cccc(Cl)c3)n2)cn1. The minimum Gasteiger partial charge on any atom is -0.444 e. The van der Waals surface area contributed by atoms with Gasteiger partial charge in [0, 0.05) is 42.0 Å². The molecule has 0 N–H and O–H groups in total. The molecule has 124 valence electrons. The van der Waals surface area contributed by atoms with E-state index in [-0.39, 0.29) is 0 Å². The zero-order valence-electron chi connectivity index (χ0n) is 13.5. The van der Waals surface area contributed by atoms with Gasteiger partial charge >= 0.3 is 0 Å². The molecule has 1 aliphatic rings. The minimum atomic E-state index is 0.407. The molecule has 0 aliphatic carbocycles. The normalized spacial score (nSPS) is 18.3. The van der Waals surface area contributed by atoms with Crippen molar-refractivity contribution in [1.82, 2.24) is 19.7 Å². The van der Waals surface area contributed by atoms with Crippen LogP contribution >= 0.6 is 11.6 Å². The van der Waals surface area contributed by atoms with Crippen LogP contribution in [0.4, 0.5) is 0 Å². The van der Waals surface area contributed by atoms with E-state index < -0.39 is 0 Å². The van der Waals surface area contributed by atoms with Gasteiger partial charge in [0.1, 0.15) is 6.26 Å². The fraction of sp³-hybridized carbons (Fsp3) is 0.333. The first-order chi connectivity index (χ1) is 11.7. The first-order valence-corrected chi connectivity index (χ1v) is 8.50. The minimum absolute atomic E-state index is 0.407. The van der Waals surface area contributed by atoms with Crippen molar-refractivity contribution >= 4 is 11.6 Å². The molecule has 5 nitrogen and oxygen atoms in total. The fourth-order valence-electron chi connectivity index (χ4n) is 3.35. The third-order valence-electron chi connectivity index (χ3n) is 4.46. The van der Waals surface area contributed by atoms with Crippen LogP contribution in [0, 0.1) is 0 Å². The number of benzene rings is 1. The highest BCUT2D eigenvalue weighted by Crippen LogP contribution is 2.33. The van der Waals surface area contributed by atoms with Crippen molar-refractivity contribution < 1.29 is 4.42 Å². The number of oxazole rings is 1. The number of halogens is 1. The second-order valence-corrected chi connectivity index (χ2v) is 6.67. The third-order valence-corrected chi connectivity index (χ3v) is 4.70. The third kappa shape index (κ3) is 3.09. The van der Waals surface area contributed by atoms with Gasteiger partial charge in [0.25, 0.3) is 0 Å². The smallest absolute Gasteiger partial charge is 0.226 e. The molecule has 0 saturated carbocycles. The van der Waals surface area contributed by atoms with Crippen molar-refractivity contribution in [2.75, 3.05) is 6.54 Å². The van der Waals surface area contributed by atoms with Gasteiger partial charge in [-0.1, -0.05) is 17.7 Å². The molecule has 0 radical (unpaired) electrons. The van der Waals surface area contributed by atoms with Crippen LogP contribution in [0.2, 0.25) is 5.02 Å². The maximum Gasteiger partial charge on any atom is 0.226 e. The first-order valence-electron chi connectivity index (χ1n) is 8.12. The van der Waals surface area contributed by atoms with Gasteiger partial charge in [-0.2, -0.15) is 5.10 Å². The van der Waals surface area contributed by atoms with Crippen LogP contribution in [-0.2, 0) is 13.6 Å². The summed E-state index contributed by atoms with van der Waals surface area (Å²) in [5.74, 6) is 0.615. The van der Waals surface area contributed by atoms with E-state index in [1.807, 2.05) is 42.2 Å². The van der Waals surface area contributed by atoms with Crippen LogP contribution in [-0.4, -0.2) is 26.2 Å². The predicted molar refractivity (Wildman–Crippen MR) is 92.5 cm³/mol. The van der Waals surface area contributed by atoms with Gasteiger partial charge in [-0.3, -0.25) is 9.58 Å². The van der Waals surface area contributed by atoms with E-state index >= 15 is 0 Å². The molecular formula is C18H19ClN4O. The van der Waals surface area contributed by atoms with Gasteiger partial charge in [0.2, 0.25) is 5.89 Å². The molecule has 4 rings (SSSR count). The van der Waals surface area contributed by atoms with Gasteiger partial charge in [-0.05, 0) is 37.6 Å². The number of likely N-dealkylation sites (tertiary alicyclic amines) is 1. The summed E-state index contributed by atoms with van der Waals surface area (Å²) >= 11 is 6.04. The Hall–Kier alpha value is -2.11. The highest BCUT2D eigenvalue weighted by atomic mass is 35.5. The van der Waals surface area contributed by atoms with Crippen LogP contribution in [0.25, 0.3) is 11.5 Å². The van der Waals surface area contributed by atoms with Crippen molar-refractivity contribution in [2.45, 2.75) is 25.4 Å². The largest absolute Gasteiger partial charge is 0.444 e. The van der Waals surface area contributed by atoms with E-state index in [0.717, 1.165) is 30.8 Å². The van der Waals surface area contributed by atoms with E-state index in [2.05, 4.69) is 21.2 Å². The van der Waals surface area contributed by atoms with Crippen molar-refractivity contribution in [3.05, 3.63) is 59.2 Å². The molecular weight excluding hydrogens is 324 g/mol. The Morgan fingerprint density at radius 2 is 2.29 bits per heavy atom. The fourth-order valence-corrected chi connectivity index (χ4v) is 3.54. The monoisotopic (exact) mass is 342 g/mol. The topological polar surface area (TPSA) is 47.1 Å². The maximum atomic E-state index is 6.04. The van der Waals surface area contributed by atoms with Crippen LogP contribution < -0.4 is 0 Å². The predicted octanol–water partition coefficient (Wildman–Crippen LogP) is 4.07. The Morgan fingerprint density at radius 3 is 3.08 bits per heavy atom. The Bertz CT molecular complexity index is 841. The second-order valence-electron chi connectivity index (χ2n) is 6.23. The summed E-state index contributed by atoms with van der Waals surface area (Å²) in [6, 6.07) is 7.98. The molecule has 0 amide bonds. The maximum absolute atomic E-state index is 6.04. The zero-order valence-corrected chi connectivity index (χ0v) is 14.3. The molecule has 3 aromatic rings. The summed E-state index contributed by atoms with van der Waals surface area (Å²) in [5, 5.41) is 4.98. The summed E-state index contributed by atoms with van der Waals surface area (Å²) in [5.41, 5.74) is 3.12. The van der Waals surface area contributed by atoms with Crippen molar-refractivity contribution in [2.24, 2.45) is 7.05 Å². The number of nitrogens with zero attached hydrogens (tertiary/aromatic N) is 4. The van der Waals surface area contributed by atoms with Gasteiger partial charge in [0.05, 0.1) is 11.9 Å². The molecule has 24 heavy (non-hydrogen) atoms. The van der Waals surface area contributed by atoms with Gasteiger partial charge in [0.15, 0.2) is 0 Å². The summed E-state index contributed by atoms with van der Waals surface area (Å²) in [6.07, 6.45) is 8.16. The quantitative estimate of drug-likeness (QED) is 0.717. The van der Waals surface area contributed by atoms with Crippen LogP contribution in [0.15, 0.2) is 47.3 Å². The van der Waals surface area contributed by atoms with E-state index in [1.54, 1.807) is 6.26 Å². The number of hydrogen-bond donors (Lipinski definition) is 0. The first kappa shape index (κ1) is 15.4. The number of aromatic nitrogens is 3. The Balaban J connectivity index is 1.51. The Labute approximate surface area is 145 Å². The summed E-state index contributed by atoms with van der Waals surface area (Å²) in [4.78, 5) is 7.07. The standard InChI is InChI=1S/C18H19ClN4O/c1-22-10-14(9-20-22)17-6-3-7-23(17)11-16-12-24-18(21-16)13-4-2-5-15(19)8-13/h2,4-5,8-10,12,17H,3,6-7,11H2,1H3/t17-/m1/s1. The molecule has 1 aromatic carbocycles. The molecule has 2 aromatic heterocycles. The molecule has 3 heterocycles. The lowest BCUT2D eigenvalue weighted by Gasteiger charge is -2.22. The molecule has 1 fully saturated rings. The van der Waals surface area contributed by atoms with Crippen LogP contribution in [0.3, 0.4) is 0 Å². The molecule has 0 unspecified atom stereocenters. The number of aryl methyl sites for hydroxylation is 1. The van der Waals surface area contributed by atoms with Crippen LogP contribution in [0.1, 0.15) is 30.1 Å². The number of hydrogen-bond acceptors (Lipinski definition) is 4. The molecule has 6 heteroatoms. The average molecular weight is 343 g/mol. The summed E-state index contributed by atoms with van der Waals surface area (Å²) in [7, 11) is 1.96. The second kappa shape index (κ2) is 6.42. The van der Waals surface area contributed by atoms with Crippen molar-refractivity contribution in [1.29, 1.82) is 0 Å². The lowest BCUT2D eigenvalue weighted by atomic mass is 10.1. The number of rotatable bonds is 4. The van der Waals surface area contributed by atoms with E-state index in [4.69, 9.17) is 16.0 Å². The molecule has 1 aliphatic heterocycles. The van der Waals surface area contributed by atoms with E-state index in [0.29, 0.717) is 17.0 Å². The zero-order chi connectivity index (χ0) is 16.5. The molecule has 1 atom stereocenters. The van der Waals surface area contributed by atoms with Crippen molar-refractivity contribution in [3.8, 4) is 11.5 Å². The van der Waals surface area contributed by atoms with E-state index in [1.165, 1.54) is 12.0 Å². The van der Waals surface area contributed by atoms with E-state index in [9.17, 15) is 0 Å². The van der Waals surface area contributed by atoms with Crippen LogP contribution in [0.5, 0.6) is 0 Å². The Kier molecular flexibility index (Phi) is 4.12. The van der Waals surface area contributed by atoms with Gasteiger partial charge in [-0.15, -0.1) is 0 Å². The lowest BCUT2D eigenvalue weighted by molar-refractivity contribution is 0.245. The highest BCUT2D eigenvalue weighted by Gasteiger charge is 2.27. The highest BCUT2D eigenvalue weighted by molar-refractivity contribution is 6.30. The average Bonchev–Trinajstić information content (AvgIpc) is 3.28. The van der Waals surface area contributed by atoms with Gasteiger partial charge in [-0.25, -0.2) is 4.98 Å². The van der Waals surface area contributed by atoms with Gasteiger partial charge < -0.3 is 4.42 Å².